The Kier molecular flexibility index (Phi) is 6.12. The van der Waals surface area contributed by atoms with Gasteiger partial charge in [-0.15, -0.1) is 5.10 Å². The minimum absolute atomic E-state index is 0.236. The van der Waals surface area contributed by atoms with Crippen LogP contribution in [0.25, 0.3) is 16.9 Å². The average Bonchev–Trinajstić information content (AvgIpc) is 3.28. The van der Waals surface area contributed by atoms with E-state index in [1.54, 1.807) is 37.4 Å². The zero-order valence-electron chi connectivity index (χ0n) is 18.1. The molecule has 0 atom stereocenters. The third-order valence-corrected chi connectivity index (χ3v) is 5.08. The maximum Gasteiger partial charge on any atom is 0.274 e. The van der Waals surface area contributed by atoms with E-state index < -0.39 is 0 Å². The number of rotatable bonds is 7. The SMILES string of the molecule is COc1ccc(CNC(=O)c2nnn(-c3ccccc3C)c2-c2ccncc2)cc1OC. The van der Waals surface area contributed by atoms with Gasteiger partial charge in [0.2, 0.25) is 0 Å². The Morgan fingerprint density at radius 1 is 1.00 bits per heavy atom. The lowest BCUT2D eigenvalue weighted by Crippen LogP contribution is -2.24. The van der Waals surface area contributed by atoms with Gasteiger partial charge in [0.25, 0.3) is 5.91 Å². The standard InChI is InChI=1S/C24H23N5O3/c1-16-6-4-5-7-19(16)29-23(18-10-12-25-13-11-18)22(27-28-29)24(30)26-15-17-8-9-20(31-2)21(14-17)32-3/h4-14H,15H2,1-3H3,(H,26,30). The lowest BCUT2D eigenvalue weighted by molar-refractivity contribution is 0.0946. The molecule has 2 heterocycles. The quantitative estimate of drug-likeness (QED) is 0.483. The van der Waals surface area contributed by atoms with E-state index in [1.807, 2.05) is 55.5 Å². The maximum absolute atomic E-state index is 13.1. The van der Waals surface area contributed by atoms with Gasteiger partial charge in [-0.05, 0) is 48.4 Å². The van der Waals surface area contributed by atoms with Gasteiger partial charge in [-0.2, -0.15) is 0 Å². The molecule has 32 heavy (non-hydrogen) atoms. The Labute approximate surface area is 185 Å². The number of pyridine rings is 1. The van der Waals surface area contributed by atoms with Crippen LogP contribution in [0.15, 0.2) is 67.0 Å². The second-order valence-corrected chi connectivity index (χ2v) is 7.09. The Morgan fingerprint density at radius 2 is 1.75 bits per heavy atom. The first-order valence-electron chi connectivity index (χ1n) is 10.0. The van der Waals surface area contributed by atoms with Crippen molar-refractivity contribution >= 4 is 5.91 Å². The molecule has 0 aliphatic heterocycles. The smallest absolute Gasteiger partial charge is 0.274 e. The minimum Gasteiger partial charge on any atom is -0.493 e. The zero-order valence-corrected chi connectivity index (χ0v) is 18.1. The van der Waals surface area contributed by atoms with E-state index in [2.05, 4.69) is 20.6 Å². The first-order valence-corrected chi connectivity index (χ1v) is 10.0. The summed E-state index contributed by atoms with van der Waals surface area (Å²) in [5, 5.41) is 11.4. The van der Waals surface area contributed by atoms with Crippen molar-refractivity contribution < 1.29 is 14.3 Å². The highest BCUT2D eigenvalue weighted by atomic mass is 16.5. The minimum atomic E-state index is -0.327. The van der Waals surface area contributed by atoms with Gasteiger partial charge in [0.1, 0.15) is 5.69 Å². The molecule has 2 aromatic heterocycles. The highest BCUT2D eigenvalue weighted by molar-refractivity contribution is 5.98. The fourth-order valence-electron chi connectivity index (χ4n) is 3.43. The molecule has 0 saturated heterocycles. The first-order chi connectivity index (χ1) is 15.6. The van der Waals surface area contributed by atoms with Crippen LogP contribution in [0.4, 0.5) is 0 Å². The number of amides is 1. The summed E-state index contributed by atoms with van der Waals surface area (Å²) in [5.74, 6) is 0.900. The van der Waals surface area contributed by atoms with E-state index in [1.165, 1.54) is 0 Å². The molecule has 4 rings (SSSR count). The van der Waals surface area contributed by atoms with Gasteiger partial charge in [0.15, 0.2) is 17.2 Å². The normalized spacial score (nSPS) is 10.6. The van der Waals surface area contributed by atoms with E-state index >= 15 is 0 Å². The lowest BCUT2D eigenvalue weighted by Gasteiger charge is -2.11. The Morgan fingerprint density at radius 3 is 2.47 bits per heavy atom. The predicted molar refractivity (Wildman–Crippen MR) is 120 cm³/mol. The molecule has 8 nitrogen and oxygen atoms in total. The van der Waals surface area contributed by atoms with E-state index in [9.17, 15) is 4.79 Å². The molecule has 2 aromatic carbocycles. The van der Waals surface area contributed by atoms with Gasteiger partial charge in [-0.25, -0.2) is 4.68 Å². The highest BCUT2D eigenvalue weighted by Crippen LogP contribution is 2.28. The van der Waals surface area contributed by atoms with Gasteiger partial charge >= 0.3 is 0 Å². The topological polar surface area (TPSA) is 91.2 Å². The van der Waals surface area contributed by atoms with Crippen molar-refractivity contribution in [3.8, 4) is 28.4 Å². The van der Waals surface area contributed by atoms with Crippen LogP contribution >= 0.6 is 0 Å². The van der Waals surface area contributed by atoms with Gasteiger partial charge in [0.05, 0.1) is 19.9 Å². The van der Waals surface area contributed by atoms with Crippen LogP contribution in [-0.2, 0) is 6.54 Å². The van der Waals surface area contributed by atoms with Gasteiger partial charge in [-0.1, -0.05) is 29.5 Å². The molecule has 0 unspecified atom stereocenters. The summed E-state index contributed by atoms with van der Waals surface area (Å²) in [5.41, 5.74) is 4.37. The van der Waals surface area contributed by atoms with Crippen LogP contribution in [0.1, 0.15) is 21.6 Å². The molecule has 1 N–H and O–H groups in total. The first kappa shape index (κ1) is 21.0. The number of para-hydroxylation sites is 1. The van der Waals surface area contributed by atoms with Crippen LogP contribution in [0.3, 0.4) is 0 Å². The third kappa shape index (κ3) is 4.15. The molecule has 0 bridgehead atoms. The number of nitrogens with one attached hydrogen (secondary N) is 1. The Bertz CT molecular complexity index is 1240. The van der Waals surface area contributed by atoms with Crippen molar-refractivity contribution in [2.75, 3.05) is 14.2 Å². The number of aromatic nitrogens is 4. The molecule has 4 aromatic rings. The van der Waals surface area contributed by atoms with Gasteiger partial charge in [0, 0.05) is 24.5 Å². The van der Waals surface area contributed by atoms with E-state index in [0.29, 0.717) is 23.7 Å². The van der Waals surface area contributed by atoms with Crippen molar-refractivity contribution in [1.82, 2.24) is 25.3 Å². The number of hydrogen-bond donors (Lipinski definition) is 1. The molecular formula is C24H23N5O3. The monoisotopic (exact) mass is 429 g/mol. The summed E-state index contributed by atoms with van der Waals surface area (Å²) in [6.07, 6.45) is 3.35. The molecule has 0 aliphatic carbocycles. The molecule has 0 spiro atoms. The Hall–Kier alpha value is -4.20. The largest absolute Gasteiger partial charge is 0.493 e. The number of methoxy groups -OCH3 is 2. The van der Waals surface area contributed by atoms with Crippen molar-refractivity contribution in [2.45, 2.75) is 13.5 Å². The number of nitrogens with zero attached hydrogens (tertiary/aromatic N) is 4. The van der Waals surface area contributed by atoms with Crippen LogP contribution in [0, 0.1) is 6.92 Å². The van der Waals surface area contributed by atoms with Crippen molar-refractivity contribution in [1.29, 1.82) is 0 Å². The predicted octanol–water partition coefficient (Wildman–Crippen LogP) is 3.58. The van der Waals surface area contributed by atoms with Crippen LogP contribution < -0.4 is 14.8 Å². The summed E-state index contributed by atoms with van der Waals surface area (Å²) >= 11 is 0. The van der Waals surface area contributed by atoms with Crippen molar-refractivity contribution in [3.05, 3.63) is 83.8 Å². The second kappa shape index (κ2) is 9.30. The van der Waals surface area contributed by atoms with E-state index in [4.69, 9.17) is 9.47 Å². The number of aryl methyl sites for hydroxylation is 1. The summed E-state index contributed by atoms with van der Waals surface area (Å²) < 4.78 is 12.3. The number of ether oxygens (including phenoxy) is 2. The molecule has 1 amide bonds. The maximum atomic E-state index is 13.1. The molecule has 0 fully saturated rings. The number of carbonyl (C=O) groups is 1. The highest BCUT2D eigenvalue weighted by Gasteiger charge is 2.22. The van der Waals surface area contributed by atoms with E-state index in [0.717, 1.165) is 22.4 Å². The summed E-state index contributed by atoms with van der Waals surface area (Å²) in [6.45, 7) is 2.29. The average molecular weight is 429 g/mol. The summed E-state index contributed by atoms with van der Waals surface area (Å²) in [7, 11) is 3.16. The molecular weight excluding hydrogens is 406 g/mol. The molecule has 0 saturated carbocycles. The third-order valence-electron chi connectivity index (χ3n) is 5.08. The number of hydrogen-bond acceptors (Lipinski definition) is 6. The van der Waals surface area contributed by atoms with Crippen LogP contribution in [0.5, 0.6) is 11.5 Å². The van der Waals surface area contributed by atoms with Crippen LogP contribution in [0.2, 0.25) is 0 Å². The summed E-state index contributed by atoms with van der Waals surface area (Å²) in [6, 6.07) is 17.0. The lowest BCUT2D eigenvalue weighted by atomic mass is 10.1. The van der Waals surface area contributed by atoms with Crippen molar-refractivity contribution in [3.63, 3.8) is 0 Å². The molecule has 162 valence electrons. The van der Waals surface area contributed by atoms with Crippen molar-refractivity contribution in [2.24, 2.45) is 0 Å². The fraction of sp³-hybridized carbons (Fsp3) is 0.167. The Balaban J connectivity index is 1.66. The fourth-order valence-corrected chi connectivity index (χ4v) is 3.43. The molecule has 0 aliphatic rings. The molecule has 8 heteroatoms. The summed E-state index contributed by atoms with van der Waals surface area (Å²) in [4.78, 5) is 17.2. The van der Waals surface area contributed by atoms with Gasteiger partial charge in [-0.3, -0.25) is 9.78 Å². The zero-order chi connectivity index (χ0) is 22.5. The van der Waals surface area contributed by atoms with Gasteiger partial charge < -0.3 is 14.8 Å². The molecule has 0 radical (unpaired) electrons. The number of benzene rings is 2. The van der Waals surface area contributed by atoms with E-state index in [-0.39, 0.29) is 11.6 Å². The number of carbonyl (C=O) groups excluding carboxylic acids is 1. The second-order valence-electron chi connectivity index (χ2n) is 7.09. The van der Waals surface area contributed by atoms with Crippen LogP contribution in [-0.4, -0.2) is 40.1 Å².